The van der Waals surface area contributed by atoms with E-state index in [1.807, 2.05) is 13.8 Å². The van der Waals surface area contributed by atoms with Crippen molar-refractivity contribution in [2.45, 2.75) is 181 Å². The molecule has 0 saturated heterocycles. The van der Waals surface area contributed by atoms with E-state index in [1.165, 1.54) is 43.3 Å². The van der Waals surface area contributed by atoms with Crippen LogP contribution in [0.1, 0.15) is 121 Å². The lowest BCUT2D eigenvalue weighted by Crippen LogP contribution is -2.49. The Hall–Kier alpha value is -0.506. The first-order chi connectivity index (χ1) is 19.9. The van der Waals surface area contributed by atoms with Crippen LogP contribution in [0.15, 0.2) is 35.5 Å². The molecule has 0 heterocycles. The molecule has 4 nitrogen and oxygen atoms in total. The zero-order valence-corrected chi connectivity index (χ0v) is 33.3. The van der Waals surface area contributed by atoms with Gasteiger partial charge in [-0.25, -0.2) is 0 Å². The van der Waals surface area contributed by atoms with E-state index < -0.39 is 22.2 Å². The van der Waals surface area contributed by atoms with Crippen molar-refractivity contribution in [3.8, 4) is 0 Å². The summed E-state index contributed by atoms with van der Waals surface area (Å²) < 4.78 is 20.5. The van der Waals surface area contributed by atoms with Gasteiger partial charge in [0.1, 0.15) is 0 Å². The summed E-state index contributed by atoms with van der Waals surface area (Å²) in [5.41, 5.74) is 3.68. The summed E-state index contributed by atoms with van der Waals surface area (Å²) in [5.74, 6) is 1.16. The highest BCUT2D eigenvalue weighted by Crippen LogP contribution is 2.58. The van der Waals surface area contributed by atoms with E-state index in [-0.39, 0.29) is 33.8 Å². The number of hydrogen-bond acceptors (Lipinski definition) is 4. The van der Waals surface area contributed by atoms with Crippen LogP contribution in [-0.2, 0) is 13.6 Å². The molecule has 0 aromatic heterocycles. The molecule has 6 heteroatoms. The smallest absolute Gasteiger partial charge is 0.192 e. The highest BCUT2D eigenvalue weighted by Gasteiger charge is 2.51. The lowest BCUT2D eigenvalue weighted by Gasteiger charge is -2.45. The molecule has 254 valence electrons. The molecule has 0 bridgehead atoms. The van der Waals surface area contributed by atoms with Crippen molar-refractivity contribution in [1.82, 2.24) is 0 Å². The van der Waals surface area contributed by atoms with Gasteiger partial charge in [-0.2, -0.15) is 0 Å². The third-order valence-corrected chi connectivity index (χ3v) is 21.5. The number of ether oxygens (including phenoxy) is 1. The molecule has 0 spiro atoms. The molecule has 3 saturated carbocycles. The maximum absolute atomic E-state index is 10.2. The largest absolute Gasteiger partial charge is 0.413 e. The molecular weight excluding hydrogens is 577 g/mol. The Kier molecular flexibility index (Phi) is 11.7. The van der Waals surface area contributed by atoms with Gasteiger partial charge in [-0.3, -0.25) is 0 Å². The molecule has 0 aromatic carbocycles. The summed E-state index contributed by atoms with van der Waals surface area (Å²) in [7, 11) is -3.92. The monoisotopic (exact) mass is 646 g/mol. The molecule has 1 N–H and O–H groups in total. The Morgan fingerprint density at radius 1 is 0.955 bits per heavy atom. The molecule has 44 heavy (non-hydrogen) atoms. The van der Waals surface area contributed by atoms with Gasteiger partial charge in [-0.1, -0.05) is 72.8 Å². The number of hydrogen-bond donors (Lipinski definition) is 1. The second-order valence-corrected chi connectivity index (χ2v) is 28.0. The van der Waals surface area contributed by atoms with Crippen LogP contribution < -0.4 is 0 Å². The number of rotatable bonds is 10. The van der Waals surface area contributed by atoms with Gasteiger partial charge in [0, 0.05) is 13.0 Å². The maximum atomic E-state index is 10.2. The minimum atomic E-state index is -1.98. The fourth-order valence-corrected chi connectivity index (χ4v) is 10.1. The second-order valence-electron chi connectivity index (χ2n) is 18.5. The maximum Gasteiger partial charge on any atom is 0.192 e. The van der Waals surface area contributed by atoms with Crippen molar-refractivity contribution >= 4 is 16.6 Å². The molecule has 0 aromatic rings. The van der Waals surface area contributed by atoms with Gasteiger partial charge in [0.05, 0.1) is 23.9 Å². The zero-order chi connectivity index (χ0) is 33.5. The van der Waals surface area contributed by atoms with Crippen molar-refractivity contribution in [2.75, 3.05) is 6.61 Å². The fraction of sp³-hybridized carbons (Fsp3) is 0.842. The van der Waals surface area contributed by atoms with Crippen molar-refractivity contribution in [1.29, 1.82) is 0 Å². The summed E-state index contributed by atoms with van der Waals surface area (Å²) >= 11 is 0. The van der Waals surface area contributed by atoms with E-state index in [9.17, 15) is 5.11 Å². The van der Waals surface area contributed by atoms with E-state index in [1.54, 1.807) is 5.57 Å². The Morgan fingerprint density at radius 2 is 1.55 bits per heavy atom. The summed E-state index contributed by atoms with van der Waals surface area (Å²) in [5, 5.41) is 10.5. The van der Waals surface area contributed by atoms with Gasteiger partial charge in [0.25, 0.3) is 0 Å². The van der Waals surface area contributed by atoms with Crippen LogP contribution in [0.5, 0.6) is 0 Å². The quantitative estimate of drug-likeness (QED) is 0.240. The van der Waals surface area contributed by atoms with Crippen molar-refractivity contribution in [2.24, 2.45) is 17.3 Å². The molecule has 3 rings (SSSR count). The second kappa shape index (κ2) is 13.5. The van der Waals surface area contributed by atoms with Gasteiger partial charge >= 0.3 is 0 Å². The number of allylic oxidation sites excluding steroid dienone is 3. The van der Waals surface area contributed by atoms with E-state index >= 15 is 0 Å². The van der Waals surface area contributed by atoms with Crippen molar-refractivity contribution < 1.29 is 18.7 Å². The molecule has 1 unspecified atom stereocenters. The molecule has 3 aliphatic rings. The number of fused-ring (bicyclic) bond motifs is 1. The lowest BCUT2D eigenvalue weighted by atomic mass is 9.62. The standard InChI is InChI=1S/C38H70O4Si2/c1-27-30(25-31(41-43(12,13)35(3,4)5)26-34(27)42-44(14,15)36(6,7)8)19-18-29-17-16-22-38(11)32(20-21-33(29)38)28(2)40-24-23-37(9,10)39/h18-19,28,31-34,39H,1,16-17,20-26H2,2-15H3/b29-18+,30-19-/t28-,31+,32+,33?,34-,38+/m0/s1. The summed E-state index contributed by atoms with van der Waals surface area (Å²) in [4.78, 5) is 0. The summed E-state index contributed by atoms with van der Waals surface area (Å²) in [6, 6.07) is 0. The topological polar surface area (TPSA) is 47.9 Å². The van der Waals surface area contributed by atoms with Gasteiger partial charge in [-0.15, -0.1) is 0 Å². The molecular formula is C38H70O4Si2. The molecule has 0 radical (unpaired) electrons. The highest BCUT2D eigenvalue weighted by atomic mass is 28.4. The fourth-order valence-electron chi connectivity index (χ4n) is 7.43. The van der Waals surface area contributed by atoms with E-state index in [4.69, 9.17) is 13.6 Å². The van der Waals surface area contributed by atoms with Gasteiger partial charge < -0.3 is 18.7 Å². The predicted octanol–water partition coefficient (Wildman–Crippen LogP) is 10.8. The first-order valence-electron chi connectivity index (χ1n) is 17.7. The molecule has 0 aliphatic heterocycles. The van der Waals surface area contributed by atoms with Gasteiger partial charge in [0.2, 0.25) is 0 Å². The molecule has 3 aliphatic carbocycles. The highest BCUT2D eigenvalue weighted by molar-refractivity contribution is 6.74. The van der Waals surface area contributed by atoms with Gasteiger partial charge in [-0.05, 0) is 130 Å². The van der Waals surface area contributed by atoms with E-state index in [2.05, 4.69) is 100 Å². The Balaban J connectivity index is 1.86. The van der Waals surface area contributed by atoms with Crippen molar-refractivity contribution in [3.63, 3.8) is 0 Å². The van der Waals surface area contributed by atoms with E-state index in [0.717, 1.165) is 12.8 Å². The summed E-state index contributed by atoms with van der Waals surface area (Å²) in [6.45, 7) is 37.2. The minimum Gasteiger partial charge on any atom is -0.413 e. The minimum absolute atomic E-state index is 0.0124. The first-order valence-corrected chi connectivity index (χ1v) is 23.5. The third kappa shape index (κ3) is 8.89. The lowest BCUT2D eigenvalue weighted by molar-refractivity contribution is -0.0454. The molecule has 3 fully saturated rings. The normalized spacial score (nSPS) is 31.9. The first kappa shape index (κ1) is 37.9. The third-order valence-electron chi connectivity index (χ3n) is 12.4. The number of aliphatic hydroxyl groups is 1. The Bertz CT molecular complexity index is 1070. The molecule has 6 atom stereocenters. The predicted molar refractivity (Wildman–Crippen MR) is 193 cm³/mol. The van der Waals surface area contributed by atoms with Crippen LogP contribution >= 0.6 is 0 Å². The van der Waals surface area contributed by atoms with Crippen LogP contribution in [0.2, 0.25) is 36.3 Å². The Labute approximate surface area is 274 Å². The molecule has 0 amide bonds. The average Bonchev–Trinajstić information content (AvgIpc) is 3.20. The van der Waals surface area contributed by atoms with Crippen LogP contribution in [0.4, 0.5) is 0 Å². The van der Waals surface area contributed by atoms with Crippen molar-refractivity contribution in [3.05, 3.63) is 35.5 Å². The van der Waals surface area contributed by atoms with Crippen LogP contribution in [-0.4, -0.2) is 52.3 Å². The van der Waals surface area contributed by atoms with Gasteiger partial charge in [0.15, 0.2) is 16.6 Å². The van der Waals surface area contributed by atoms with Crippen LogP contribution in [0.25, 0.3) is 0 Å². The average molecular weight is 647 g/mol. The Morgan fingerprint density at radius 3 is 2.11 bits per heavy atom. The van der Waals surface area contributed by atoms with Crippen LogP contribution in [0.3, 0.4) is 0 Å². The van der Waals surface area contributed by atoms with Crippen LogP contribution in [0, 0.1) is 17.3 Å². The zero-order valence-electron chi connectivity index (χ0n) is 31.3. The van der Waals surface area contributed by atoms with E-state index in [0.29, 0.717) is 24.9 Å². The SMILES string of the molecule is C=C1/C(=C\C=C2/CCC[C@@]3(C)C2CC[C@@H]3[C@H](C)OCCC(C)(C)O)C[C@@H](O[Si](C)(C)C(C)(C)C)C[C@@H]1O[Si](C)(C)C(C)(C)C. The summed E-state index contributed by atoms with van der Waals surface area (Å²) in [6.07, 6.45) is 13.9.